The van der Waals surface area contributed by atoms with Gasteiger partial charge in [0.1, 0.15) is 0 Å². The van der Waals surface area contributed by atoms with Gasteiger partial charge >= 0.3 is 0 Å². The van der Waals surface area contributed by atoms with Crippen molar-refractivity contribution >= 4 is 0 Å². The molecule has 0 radical (unpaired) electrons. The van der Waals surface area contributed by atoms with Crippen molar-refractivity contribution in [2.24, 2.45) is 5.73 Å². The van der Waals surface area contributed by atoms with Crippen molar-refractivity contribution in [1.82, 2.24) is 4.90 Å². The van der Waals surface area contributed by atoms with Gasteiger partial charge in [-0.05, 0) is 39.3 Å². The fraction of sp³-hybridized carbons (Fsp3) is 0.625. The minimum Gasteiger partial charge on any atom is -0.389 e. The maximum atomic E-state index is 9.86. The van der Waals surface area contributed by atoms with E-state index < -0.39 is 5.60 Å². The molecular formula is C16H28N2O. The van der Waals surface area contributed by atoms with Gasteiger partial charge in [-0.2, -0.15) is 0 Å². The Bertz CT molecular complexity index is 367. The quantitative estimate of drug-likeness (QED) is 0.795. The van der Waals surface area contributed by atoms with E-state index in [2.05, 4.69) is 43.0 Å². The van der Waals surface area contributed by atoms with Crippen molar-refractivity contribution in [3.8, 4) is 0 Å². The molecule has 0 aliphatic rings. The number of nitrogens with two attached hydrogens (primary N) is 1. The average Bonchev–Trinajstić information content (AvgIpc) is 2.33. The van der Waals surface area contributed by atoms with Gasteiger partial charge in [-0.15, -0.1) is 0 Å². The van der Waals surface area contributed by atoms with Crippen LogP contribution in [0.2, 0.25) is 0 Å². The number of rotatable bonds is 7. The molecule has 108 valence electrons. The van der Waals surface area contributed by atoms with Crippen LogP contribution in [0.3, 0.4) is 0 Å². The monoisotopic (exact) mass is 264 g/mol. The van der Waals surface area contributed by atoms with Gasteiger partial charge in [-0.25, -0.2) is 0 Å². The van der Waals surface area contributed by atoms with Crippen molar-refractivity contribution < 1.29 is 5.11 Å². The van der Waals surface area contributed by atoms with E-state index in [0.29, 0.717) is 6.54 Å². The van der Waals surface area contributed by atoms with Gasteiger partial charge in [-0.1, -0.05) is 36.8 Å². The van der Waals surface area contributed by atoms with Crippen molar-refractivity contribution in [1.29, 1.82) is 0 Å². The molecule has 1 rings (SSSR count). The van der Waals surface area contributed by atoms with Gasteiger partial charge in [0, 0.05) is 19.1 Å². The molecular weight excluding hydrogens is 236 g/mol. The fourth-order valence-corrected chi connectivity index (χ4v) is 2.20. The van der Waals surface area contributed by atoms with E-state index in [1.807, 2.05) is 13.8 Å². The predicted molar refractivity (Wildman–Crippen MR) is 81.1 cm³/mol. The maximum Gasteiger partial charge on any atom is 0.0718 e. The molecule has 19 heavy (non-hydrogen) atoms. The first-order valence-corrected chi connectivity index (χ1v) is 7.08. The summed E-state index contributed by atoms with van der Waals surface area (Å²) in [5, 5.41) is 9.86. The number of nitrogens with zero attached hydrogens (tertiary/aromatic N) is 1. The second-order valence-corrected chi connectivity index (χ2v) is 5.99. The number of likely N-dealkylation sites (N-methyl/N-ethyl adjacent to an activating group) is 1. The average molecular weight is 264 g/mol. The molecule has 1 aromatic rings. The summed E-state index contributed by atoms with van der Waals surface area (Å²) in [6.45, 7) is 10.4. The number of benzene rings is 1. The SMILES string of the molecule is CCN(CCC(N)c1ccc(C)cc1)CC(C)(C)O. The first-order chi connectivity index (χ1) is 8.81. The van der Waals surface area contributed by atoms with Crippen LogP contribution in [0, 0.1) is 6.92 Å². The van der Waals surface area contributed by atoms with Crippen LogP contribution in [0.15, 0.2) is 24.3 Å². The lowest BCUT2D eigenvalue weighted by Crippen LogP contribution is -2.39. The van der Waals surface area contributed by atoms with Crippen LogP contribution >= 0.6 is 0 Å². The van der Waals surface area contributed by atoms with Gasteiger partial charge in [0.05, 0.1) is 5.60 Å². The Morgan fingerprint density at radius 3 is 2.32 bits per heavy atom. The van der Waals surface area contributed by atoms with Crippen LogP contribution in [-0.2, 0) is 0 Å². The van der Waals surface area contributed by atoms with E-state index in [0.717, 1.165) is 19.5 Å². The highest BCUT2D eigenvalue weighted by Gasteiger charge is 2.17. The topological polar surface area (TPSA) is 49.5 Å². The zero-order valence-corrected chi connectivity index (χ0v) is 12.7. The molecule has 1 atom stereocenters. The van der Waals surface area contributed by atoms with Crippen molar-refractivity contribution in [2.45, 2.75) is 45.8 Å². The van der Waals surface area contributed by atoms with E-state index in [9.17, 15) is 5.11 Å². The van der Waals surface area contributed by atoms with Gasteiger partial charge in [-0.3, -0.25) is 0 Å². The molecule has 0 aliphatic carbocycles. The zero-order valence-electron chi connectivity index (χ0n) is 12.7. The Morgan fingerprint density at radius 1 is 1.26 bits per heavy atom. The summed E-state index contributed by atoms with van der Waals surface area (Å²) in [5.41, 5.74) is 8.02. The largest absolute Gasteiger partial charge is 0.389 e. The smallest absolute Gasteiger partial charge is 0.0718 e. The van der Waals surface area contributed by atoms with E-state index in [4.69, 9.17) is 5.73 Å². The minimum atomic E-state index is -0.649. The number of aliphatic hydroxyl groups is 1. The van der Waals surface area contributed by atoms with Crippen LogP contribution in [0.1, 0.15) is 44.4 Å². The zero-order chi connectivity index (χ0) is 14.5. The molecule has 0 saturated carbocycles. The normalized spacial score (nSPS) is 13.8. The highest BCUT2D eigenvalue weighted by molar-refractivity contribution is 5.23. The molecule has 0 aliphatic heterocycles. The molecule has 3 heteroatoms. The number of aryl methyl sites for hydroxylation is 1. The summed E-state index contributed by atoms with van der Waals surface area (Å²) >= 11 is 0. The second-order valence-electron chi connectivity index (χ2n) is 5.99. The Hall–Kier alpha value is -0.900. The van der Waals surface area contributed by atoms with Gasteiger partial charge in [0.2, 0.25) is 0 Å². The standard InChI is InChI=1S/C16H28N2O/c1-5-18(12-16(3,4)19)11-10-15(17)14-8-6-13(2)7-9-14/h6-9,15,19H,5,10-12,17H2,1-4H3. The van der Waals surface area contributed by atoms with Crippen LogP contribution < -0.4 is 5.73 Å². The first kappa shape index (κ1) is 16.2. The molecule has 0 fully saturated rings. The number of hydrogen-bond donors (Lipinski definition) is 2. The summed E-state index contributed by atoms with van der Waals surface area (Å²) < 4.78 is 0. The third-order valence-electron chi connectivity index (χ3n) is 3.32. The van der Waals surface area contributed by atoms with E-state index in [1.165, 1.54) is 11.1 Å². The lowest BCUT2D eigenvalue weighted by molar-refractivity contribution is 0.0370. The molecule has 0 bridgehead atoms. The summed E-state index contributed by atoms with van der Waals surface area (Å²) in [5.74, 6) is 0. The summed E-state index contributed by atoms with van der Waals surface area (Å²) in [6, 6.07) is 8.47. The van der Waals surface area contributed by atoms with E-state index in [-0.39, 0.29) is 6.04 Å². The summed E-state index contributed by atoms with van der Waals surface area (Å²) in [6.07, 6.45) is 0.910. The third kappa shape index (κ3) is 6.19. The van der Waals surface area contributed by atoms with Gasteiger partial charge in [0.15, 0.2) is 0 Å². The predicted octanol–water partition coefficient (Wildman–Crippen LogP) is 2.48. The lowest BCUT2D eigenvalue weighted by Gasteiger charge is -2.28. The molecule has 0 saturated heterocycles. The Morgan fingerprint density at radius 2 is 1.84 bits per heavy atom. The molecule has 1 aromatic carbocycles. The molecule has 3 nitrogen and oxygen atoms in total. The van der Waals surface area contributed by atoms with E-state index in [1.54, 1.807) is 0 Å². The van der Waals surface area contributed by atoms with Gasteiger partial charge in [0.25, 0.3) is 0 Å². The molecule has 0 heterocycles. The van der Waals surface area contributed by atoms with Crippen LogP contribution in [0.5, 0.6) is 0 Å². The van der Waals surface area contributed by atoms with Crippen molar-refractivity contribution in [2.75, 3.05) is 19.6 Å². The fourth-order valence-electron chi connectivity index (χ4n) is 2.20. The number of hydrogen-bond acceptors (Lipinski definition) is 3. The first-order valence-electron chi connectivity index (χ1n) is 7.08. The third-order valence-corrected chi connectivity index (χ3v) is 3.32. The molecule has 3 N–H and O–H groups in total. The van der Waals surface area contributed by atoms with Gasteiger partial charge < -0.3 is 15.7 Å². The second kappa shape index (κ2) is 7.04. The Kier molecular flexibility index (Phi) is 5.98. The highest BCUT2D eigenvalue weighted by atomic mass is 16.3. The molecule has 0 amide bonds. The minimum absolute atomic E-state index is 0.0662. The highest BCUT2D eigenvalue weighted by Crippen LogP contribution is 2.16. The Labute approximate surface area is 117 Å². The van der Waals surface area contributed by atoms with Crippen molar-refractivity contribution in [3.05, 3.63) is 35.4 Å². The van der Waals surface area contributed by atoms with Crippen LogP contribution in [-0.4, -0.2) is 35.2 Å². The molecule has 1 unspecified atom stereocenters. The summed E-state index contributed by atoms with van der Waals surface area (Å²) in [4.78, 5) is 2.24. The Balaban J connectivity index is 2.48. The lowest BCUT2D eigenvalue weighted by atomic mass is 10.0. The summed E-state index contributed by atoms with van der Waals surface area (Å²) in [7, 11) is 0. The molecule has 0 aromatic heterocycles. The molecule has 0 spiro atoms. The van der Waals surface area contributed by atoms with Crippen LogP contribution in [0.4, 0.5) is 0 Å². The van der Waals surface area contributed by atoms with Crippen molar-refractivity contribution in [3.63, 3.8) is 0 Å². The maximum absolute atomic E-state index is 9.86. The van der Waals surface area contributed by atoms with E-state index >= 15 is 0 Å². The van der Waals surface area contributed by atoms with Crippen LogP contribution in [0.25, 0.3) is 0 Å².